The van der Waals surface area contributed by atoms with E-state index in [0.717, 1.165) is 62.1 Å². The summed E-state index contributed by atoms with van der Waals surface area (Å²) in [6.07, 6.45) is -1.07. The third-order valence-electron chi connectivity index (χ3n) is 5.91. The maximum atomic E-state index is 12.5. The SMILES string of the molecule is Cc1ccc(-c2c([C@H](OC(C)(C)C)C(=O)O)c(C)c3c4c2cc(Br)n4CCN3C)cc1. The summed E-state index contributed by atoms with van der Waals surface area (Å²) in [6, 6.07) is 10.4. The maximum Gasteiger partial charge on any atom is 0.337 e. The Hall–Kier alpha value is -2.31. The Morgan fingerprint density at radius 1 is 1.16 bits per heavy atom. The highest BCUT2D eigenvalue weighted by Crippen LogP contribution is 2.48. The highest BCUT2D eigenvalue weighted by molar-refractivity contribution is 9.10. The lowest BCUT2D eigenvalue weighted by Crippen LogP contribution is -2.31. The Labute approximate surface area is 191 Å². The number of hydrogen-bond donors (Lipinski definition) is 1. The van der Waals surface area contributed by atoms with Crippen molar-refractivity contribution in [2.75, 3.05) is 18.5 Å². The third kappa shape index (κ3) is 3.76. The molecule has 2 aromatic carbocycles. The number of carboxylic acids is 1. The Morgan fingerprint density at radius 2 is 1.81 bits per heavy atom. The molecule has 0 saturated heterocycles. The number of nitrogens with zero attached hydrogens (tertiary/aromatic N) is 2. The molecule has 1 N–H and O–H groups in total. The van der Waals surface area contributed by atoms with Gasteiger partial charge in [0, 0.05) is 31.1 Å². The zero-order valence-electron chi connectivity index (χ0n) is 18.9. The van der Waals surface area contributed by atoms with Crippen LogP contribution in [0.3, 0.4) is 0 Å². The molecule has 1 aliphatic rings. The van der Waals surface area contributed by atoms with Crippen LogP contribution in [0.4, 0.5) is 5.69 Å². The van der Waals surface area contributed by atoms with E-state index in [1.165, 1.54) is 0 Å². The fourth-order valence-corrected chi connectivity index (χ4v) is 5.18. The molecule has 0 fully saturated rings. The van der Waals surface area contributed by atoms with Gasteiger partial charge < -0.3 is 19.3 Å². The van der Waals surface area contributed by atoms with E-state index >= 15 is 0 Å². The zero-order chi connectivity index (χ0) is 22.7. The zero-order valence-corrected chi connectivity index (χ0v) is 20.5. The molecule has 1 aromatic heterocycles. The molecule has 6 heteroatoms. The quantitative estimate of drug-likeness (QED) is 0.487. The van der Waals surface area contributed by atoms with Gasteiger partial charge in [0.05, 0.1) is 21.4 Å². The van der Waals surface area contributed by atoms with Gasteiger partial charge in [-0.05, 0) is 73.3 Å². The van der Waals surface area contributed by atoms with Crippen molar-refractivity contribution in [2.45, 2.75) is 52.9 Å². The van der Waals surface area contributed by atoms with Crippen molar-refractivity contribution in [2.24, 2.45) is 0 Å². The smallest absolute Gasteiger partial charge is 0.337 e. The predicted molar refractivity (Wildman–Crippen MR) is 129 cm³/mol. The lowest BCUT2D eigenvalue weighted by atomic mass is 9.87. The third-order valence-corrected chi connectivity index (χ3v) is 6.56. The minimum atomic E-state index is -1.07. The molecular formula is C25H29BrN2O3. The van der Waals surface area contributed by atoms with Crippen LogP contribution in [0.5, 0.6) is 0 Å². The summed E-state index contributed by atoms with van der Waals surface area (Å²) in [7, 11) is 2.07. The minimum absolute atomic E-state index is 0.607. The van der Waals surface area contributed by atoms with E-state index in [9.17, 15) is 9.90 Å². The van der Waals surface area contributed by atoms with Crippen molar-refractivity contribution in [1.29, 1.82) is 0 Å². The number of rotatable bonds is 4. The Balaban J connectivity index is 2.16. The van der Waals surface area contributed by atoms with Crippen LogP contribution < -0.4 is 4.90 Å². The summed E-state index contributed by atoms with van der Waals surface area (Å²) in [6.45, 7) is 11.5. The van der Waals surface area contributed by atoms with Gasteiger partial charge in [0.15, 0.2) is 6.10 Å². The van der Waals surface area contributed by atoms with Crippen LogP contribution in [0.25, 0.3) is 22.0 Å². The highest BCUT2D eigenvalue weighted by atomic mass is 79.9. The monoisotopic (exact) mass is 484 g/mol. The van der Waals surface area contributed by atoms with Gasteiger partial charge >= 0.3 is 5.97 Å². The van der Waals surface area contributed by atoms with Crippen molar-refractivity contribution in [3.63, 3.8) is 0 Å². The number of aryl methyl sites for hydroxylation is 1. The number of carbonyl (C=O) groups is 1. The Kier molecular flexibility index (Phi) is 5.42. The summed E-state index contributed by atoms with van der Waals surface area (Å²) in [5.41, 5.74) is 6.37. The molecule has 0 aliphatic carbocycles. The van der Waals surface area contributed by atoms with Gasteiger partial charge in [-0.25, -0.2) is 4.79 Å². The van der Waals surface area contributed by atoms with Crippen molar-refractivity contribution in [3.05, 3.63) is 51.6 Å². The number of halogens is 1. The van der Waals surface area contributed by atoms with E-state index in [-0.39, 0.29) is 0 Å². The van der Waals surface area contributed by atoms with Crippen molar-refractivity contribution in [1.82, 2.24) is 4.57 Å². The van der Waals surface area contributed by atoms with Crippen LogP contribution in [0.1, 0.15) is 43.6 Å². The van der Waals surface area contributed by atoms with Crippen LogP contribution in [-0.4, -0.2) is 34.8 Å². The number of anilines is 1. The fourth-order valence-electron chi connectivity index (χ4n) is 4.59. The normalized spacial score (nSPS) is 14.9. The molecule has 4 rings (SSSR count). The molecule has 0 saturated carbocycles. The number of aliphatic carboxylic acids is 1. The molecule has 1 atom stereocenters. The maximum absolute atomic E-state index is 12.5. The van der Waals surface area contributed by atoms with E-state index in [2.05, 4.69) is 69.7 Å². The second-order valence-electron chi connectivity index (χ2n) is 9.38. The summed E-state index contributed by atoms with van der Waals surface area (Å²) in [5, 5.41) is 11.3. The number of aromatic nitrogens is 1. The average Bonchev–Trinajstić information content (AvgIpc) is 3.00. The van der Waals surface area contributed by atoms with E-state index < -0.39 is 17.7 Å². The van der Waals surface area contributed by atoms with E-state index in [0.29, 0.717) is 0 Å². The predicted octanol–water partition coefficient (Wildman–Crippen LogP) is 6.08. The molecule has 0 bridgehead atoms. The van der Waals surface area contributed by atoms with Crippen LogP contribution in [0.15, 0.2) is 34.9 Å². The first-order chi connectivity index (χ1) is 14.5. The van der Waals surface area contributed by atoms with Crippen LogP contribution >= 0.6 is 15.9 Å². The van der Waals surface area contributed by atoms with Gasteiger partial charge in [0.2, 0.25) is 0 Å². The summed E-state index contributed by atoms with van der Waals surface area (Å²) in [5.74, 6) is -0.977. The fraction of sp³-hybridized carbons (Fsp3) is 0.400. The van der Waals surface area contributed by atoms with Crippen LogP contribution in [0, 0.1) is 13.8 Å². The van der Waals surface area contributed by atoms with Crippen molar-refractivity contribution >= 4 is 38.5 Å². The molecule has 2 heterocycles. The first-order valence-corrected chi connectivity index (χ1v) is 11.3. The Morgan fingerprint density at radius 3 is 2.39 bits per heavy atom. The molecule has 5 nitrogen and oxygen atoms in total. The first kappa shape index (κ1) is 21.9. The molecule has 0 amide bonds. The standard InChI is InChI=1S/C25H29BrN2O3/c1-14-7-9-16(10-8-14)20-17-13-18(26)28-12-11-27(6)21(22(17)28)15(2)19(20)23(24(29)30)31-25(3,4)5/h7-10,13,23H,11-12H2,1-6H3,(H,29,30)/t23-/m0/s1. The van der Waals surface area contributed by atoms with Gasteiger partial charge in [-0.1, -0.05) is 29.8 Å². The summed E-state index contributed by atoms with van der Waals surface area (Å²) >= 11 is 3.74. The van der Waals surface area contributed by atoms with Gasteiger partial charge in [0.25, 0.3) is 0 Å². The molecule has 1 aliphatic heterocycles. The number of ether oxygens (including phenoxy) is 1. The van der Waals surface area contributed by atoms with E-state index in [1.54, 1.807) is 0 Å². The molecule has 0 unspecified atom stereocenters. The molecule has 31 heavy (non-hydrogen) atoms. The molecule has 3 aromatic rings. The van der Waals surface area contributed by atoms with E-state index in [4.69, 9.17) is 4.74 Å². The lowest BCUT2D eigenvalue weighted by Gasteiger charge is -2.34. The number of hydrogen-bond acceptors (Lipinski definition) is 3. The van der Waals surface area contributed by atoms with Crippen LogP contribution in [-0.2, 0) is 16.1 Å². The minimum Gasteiger partial charge on any atom is -0.479 e. The van der Waals surface area contributed by atoms with Gasteiger partial charge in [0.1, 0.15) is 0 Å². The van der Waals surface area contributed by atoms with E-state index in [1.807, 2.05) is 27.7 Å². The summed E-state index contributed by atoms with van der Waals surface area (Å²) < 4.78 is 9.44. The molecule has 164 valence electrons. The lowest BCUT2D eigenvalue weighted by molar-refractivity contribution is -0.160. The van der Waals surface area contributed by atoms with Gasteiger partial charge in [-0.2, -0.15) is 0 Å². The second-order valence-corrected chi connectivity index (χ2v) is 10.2. The topological polar surface area (TPSA) is 54.7 Å². The molecule has 0 spiro atoms. The van der Waals surface area contributed by atoms with Crippen LogP contribution in [0.2, 0.25) is 0 Å². The van der Waals surface area contributed by atoms with Crippen molar-refractivity contribution < 1.29 is 14.6 Å². The first-order valence-electron chi connectivity index (χ1n) is 10.5. The van der Waals surface area contributed by atoms with Gasteiger partial charge in [-0.15, -0.1) is 0 Å². The average molecular weight is 485 g/mol. The summed E-state index contributed by atoms with van der Waals surface area (Å²) in [4.78, 5) is 14.7. The number of likely N-dealkylation sites (N-methyl/N-ethyl adjacent to an activating group) is 1. The number of carboxylic acid groups (broad SMARTS) is 1. The largest absolute Gasteiger partial charge is 0.479 e. The Bertz CT molecular complexity index is 1170. The molecule has 0 radical (unpaired) electrons. The highest BCUT2D eigenvalue weighted by Gasteiger charge is 2.35. The number of benzene rings is 2. The second kappa shape index (κ2) is 7.68. The van der Waals surface area contributed by atoms with Crippen molar-refractivity contribution in [3.8, 4) is 11.1 Å². The van der Waals surface area contributed by atoms with Gasteiger partial charge in [-0.3, -0.25) is 0 Å². The molecular weight excluding hydrogens is 456 g/mol.